The third-order valence-corrected chi connectivity index (χ3v) is 5.20. The fourth-order valence-electron chi connectivity index (χ4n) is 2.28. The van der Waals surface area contributed by atoms with Crippen LogP contribution < -0.4 is 0 Å². The zero-order valence-corrected chi connectivity index (χ0v) is 12.5. The van der Waals surface area contributed by atoms with E-state index in [1.807, 2.05) is 25.1 Å². The summed E-state index contributed by atoms with van der Waals surface area (Å²) in [5, 5.41) is 0.885. The zero-order valence-electron chi connectivity index (χ0n) is 11.7. The van der Waals surface area contributed by atoms with Crippen molar-refractivity contribution < 1.29 is 8.42 Å². The van der Waals surface area contributed by atoms with Crippen LogP contribution in [0.15, 0.2) is 66.2 Å². The molecule has 1 aromatic heterocycles. The van der Waals surface area contributed by atoms with E-state index in [4.69, 9.17) is 0 Å². The molecule has 0 N–H and O–H groups in total. The lowest BCUT2D eigenvalue weighted by Gasteiger charge is -2.08. The van der Waals surface area contributed by atoms with E-state index in [0.29, 0.717) is 5.52 Å². The van der Waals surface area contributed by atoms with Crippen LogP contribution in [0.5, 0.6) is 0 Å². The van der Waals surface area contributed by atoms with E-state index in [0.717, 1.165) is 16.5 Å². The Morgan fingerprint density at radius 2 is 1.76 bits per heavy atom. The van der Waals surface area contributed by atoms with Gasteiger partial charge in [-0.15, -0.1) is 0 Å². The summed E-state index contributed by atoms with van der Waals surface area (Å²) >= 11 is 0. The van der Waals surface area contributed by atoms with E-state index >= 15 is 0 Å². The standard InChI is InChI=1S/C17H15NO2S/c1-3-14-6-7-15-10-11-18(17(15)12-14)21(19,20)16-8-4-13(2)5-9-16/h3-12H,1H2,2H3. The summed E-state index contributed by atoms with van der Waals surface area (Å²) in [6.45, 7) is 5.65. The molecule has 0 atom stereocenters. The lowest BCUT2D eigenvalue weighted by atomic mass is 10.2. The molecule has 0 amide bonds. The Kier molecular flexibility index (Phi) is 3.18. The average Bonchev–Trinajstić information content (AvgIpc) is 2.91. The minimum Gasteiger partial charge on any atom is -0.241 e. The largest absolute Gasteiger partial charge is 0.268 e. The summed E-state index contributed by atoms with van der Waals surface area (Å²) in [6.07, 6.45) is 3.29. The van der Waals surface area contributed by atoms with Gasteiger partial charge in [0, 0.05) is 11.6 Å². The van der Waals surface area contributed by atoms with Crippen molar-refractivity contribution >= 4 is 27.0 Å². The number of aryl methyl sites for hydroxylation is 1. The topological polar surface area (TPSA) is 39.1 Å². The van der Waals surface area contributed by atoms with Crippen molar-refractivity contribution in [3.63, 3.8) is 0 Å². The summed E-state index contributed by atoms with van der Waals surface area (Å²) in [5.41, 5.74) is 2.58. The minimum atomic E-state index is -3.58. The summed E-state index contributed by atoms with van der Waals surface area (Å²) < 4.78 is 26.8. The Bertz CT molecular complexity index is 919. The molecule has 0 radical (unpaired) electrons. The molecule has 2 aromatic carbocycles. The van der Waals surface area contributed by atoms with Gasteiger partial charge in [-0.25, -0.2) is 12.4 Å². The van der Waals surface area contributed by atoms with Gasteiger partial charge in [-0.3, -0.25) is 0 Å². The van der Waals surface area contributed by atoms with Gasteiger partial charge in [0.25, 0.3) is 10.0 Å². The highest BCUT2D eigenvalue weighted by Crippen LogP contribution is 2.23. The third-order valence-electron chi connectivity index (χ3n) is 3.49. The second-order valence-corrected chi connectivity index (χ2v) is 6.77. The first-order valence-electron chi connectivity index (χ1n) is 6.58. The number of fused-ring (bicyclic) bond motifs is 1. The molecule has 3 rings (SSSR count). The quantitative estimate of drug-likeness (QED) is 0.737. The Hall–Kier alpha value is -2.33. The third kappa shape index (κ3) is 2.28. The fraction of sp³-hybridized carbons (Fsp3) is 0.0588. The van der Waals surface area contributed by atoms with Crippen molar-refractivity contribution in [1.82, 2.24) is 3.97 Å². The number of rotatable bonds is 3. The monoisotopic (exact) mass is 297 g/mol. The maximum Gasteiger partial charge on any atom is 0.268 e. The molecule has 0 fully saturated rings. The molecule has 0 aliphatic heterocycles. The average molecular weight is 297 g/mol. The second kappa shape index (κ2) is 4.90. The highest BCUT2D eigenvalue weighted by molar-refractivity contribution is 7.90. The van der Waals surface area contributed by atoms with Crippen molar-refractivity contribution in [2.24, 2.45) is 0 Å². The van der Waals surface area contributed by atoms with Crippen LogP contribution in [0.1, 0.15) is 11.1 Å². The molecule has 3 aromatic rings. The van der Waals surface area contributed by atoms with E-state index in [-0.39, 0.29) is 4.90 Å². The van der Waals surface area contributed by atoms with Crippen LogP contribution in [0.25, 0.3) is 17.0 Å². The SMILES string of the molecule is C=Cc1ccc2ccn(S(=O)(=O)c3ccc(C)cc3)c2c1. The van der Waals surface area contributed by atoms with E-state index < -0.39 is 10.0 Å². The van der Waals surface area contributed by atoms with Crippen molar-refractivity contribution in [3.8, 4) is 0 Å². The molecule has 0 saturated heterocycles. The maximum absolute atomic E-state index is 12.8. The molecule has 0 aliphatic rings. The molecule has 106 valence electrons. The summed E-state index contributed by atoms with van der Waals surface area (Å²) in [6, 6.07) is 14.3. The highest BCUT2D eigenvalue weighted by atomic mass is 32.2. The first kappa shape index (κ1) is 13.6. The van der Waals surface area contributed by atoms with Crippen molar-refractivity contribution in [2.45, 2.75) is 11.8 Å². The molecule has 0 spiro atoms. The fourth-order valence-corrected chi connectivity index (χ4v) is 3.63. The van der Waals surface area contributed by atoms with Gasteiger partial charge in [0.15, 0.2) is 0 Å². The van der Waals surface area contributed by atoms with Gasteiger partial charge in [-0.2, -0.15) is 0 Å². The molecule has 4 heteroatoms. The molecule has 0 aliphatic carbocycles. The van der Waals surface area contributed by atoms with Crippen LogP contribution in [-0.2, 0) is 10.0 Å². The first-order chi connectivity index (χ1) is 10.0. The van der Waals surface area contributed by atoms with Crippen LogP contribution in [0.2, 0.25) is 0 Å². The van der Waals surface area contributed by atoms with Gasteiger partial charge in [0.1, 0.15) is 0 Å². The molecular formula is C17H15NO2S. The van der Waals surface area contributed by atoms with Crippen LogP contribution in [0, 0.1) is 6.92 Å². The maximum atomic E-state index is 12.8. The van der Waals surface area contributed by atoms with Crippen LogP contribution in [0.4, 0.5) is 0 Å². The highest BCUT2D eigenvalue weighted by Gasteiger charge is 2.18. The normalized spacial score (nSPS) is 11.7. The van der Waals surface area contributed by atoms with Crippen molar-refractivity contribution in [1.29, 1.82) is 0 Å². The number of aromatic nitrogens is 1. The van der Waals surface area contributed by atoms with Gasteiger partial charge in [-0.05, 0) is 36.8 Å². The van der Waals surface area contributed by atoms with Crippen LogP contribution in [0.3, 0.4) is 0 Å². The van der Waals surface area contributed by atoms with Crippen molar-refractivity contribution in [3.05, 3.63) is 72.4 Å². The zero-order chi connectivity index (χ0) is 15.0. The molecular weight excluding hydrogens is 282 g/mol. The minimum absolute atomic E-state index is 0.287. The summed E-state index contributed by atoms with van der Waals surface area (Å²) in [5.74, 6) is 0. The smallest absolute Gasteiger partial charge is 0.241 e. The van der Waals surface area contributed by atoms with E-state index in [2.05, 4.69) is 6.58 Å². The van der Waals surface area contributed by atoms with Gasteiger partial charge < -0.3 is 0 Å². The van der Waals surface area contributed by atoms with Gasteiger partial charge in [0.05, 0.1) is 10.4 Å². The summed E-state index contributed by atoms with van der Waals surface area (Å²) in [4.78, 5) is 0.287. The van der Waals surface area contributed by atoms with Gasteiger partial charge in [-0.1, -0.05) is 42.5 Å². The number of benzene rings is 2. The Labute approximate surface area is 124 Å². The van der Waals surface area contributed by atoms with Gasteiger partial charge in [0.2, 0.25) is 0 Å². The van der Waals surface area contributed by atoms with E-state index in [1.54, 1.807) is 42.6 Å². The molecule has 3 nitrogen and oxygen atoms in total. The van der Waals surface area contributed by atoms with Gasteiger partial charge >= 0.3 is 0 Å². The van der Waals surface area contributed by atoms with E-state index in [9.17, 15) is 8.42 Å². The number of hydrogen-bond acceptors (Lipinski definition) is 2. The second-order valence-electron chi connectivity index (χ2n) is 4.95. The number of nitrogens with zero attached hydrogens (tertiary/aromatic N) is 1. The van der Waals surface area contributed by atoms with Crippen LogP contribution >= 0.6 is 0 Å². The summed E-state index contributed by atoms with van der Waals surface area (Å²) in [7, 11) is -3.58. The Morgan fingerprint density at radius 3 is 2.43 bits per heavy atom. The van der Waals surface area contributed by atoms with Crippen molar-refractivity contribution in [2.75, 3.05) is 0 Å². The van der Waals surface area contributed by atoms with Crippen LogP contribution in [-0.4, -0.2) is 12.4 Å². The molecule has 21 heavy (non-hydrogen) atoms. The molecule has 0 unspecified atom stereocenters. The predicted molar refractivity (Wildman–Crippen MR) is 85.8 cm³/mol. The first-order valence-corrected chi connectivity index (χ1v) is 8.02. The molecule has 0 bridgehead atoms. The predicted octanol–water partition coefficient (Wildman–Crippen LogP) is 3.83. The molecule has 0 saturated carbocycles. The molecule has 1 heterocycles. The number of hydrogen-bond donors (Lipinski definition) is 0. The Morgan fingerprint density at radius 1 is 1.05 bits per heavy atom. The lowest BCUT2D eigenvalue weighted by molar-refractivity contribution is 0.589. The Balaban J connectivity index is 2.23. The lowest BCUT2D eigenvalue weighted by Crippen LogP contribution is -2.11. The van der Waals surface area contributed by atoms with E-state index in [1.165, 1.54) is 3.97 Å².